The van der Waals surface area contributed by atoms with E-state index in [4.69, 9.17) is 14.2 Å². The fourth-order valence-corrected chi connectivity index (χ4v) is 1.61. The van der Waals surface area contributed by atoms with E-state index in [1.165, 1.54) is 0 Å². The first-order chi connectivity index (χ1) is 7.15. The summed E-state index contributed by atoms with van der Waals surface area (Å²) in [5.41, 5.74) is 0. The molecule has 0 aromatic heterocycles. The van der Waals surface area contributed by atoms with Gasteiger partial charge in [-0.15, -0.1) is 0 Å². The Bertz CT molecular complexity index is 172. The van der Waals surface area contributed by atoms with Gasteiger partial charge in [0.15, 0.2) is 0 Å². The van der Waals surface area contributed by atoms with Crippen LogP contribution in [-0.2, 0) is 14.2 Å². The van der Waals surface area contributed by atoms with Crippen molar-refractivity contribution in [2.45, 2.75) is 38.6 Å². The quantitative estimate of drug-likeness (QED) is 0.643. The van der Waals surface area contributed by atoms with Crippen molar-refractivity contribution in [2.24, 2.45) is 5.92 Å². The third-order valence-electron chi connectivity index (χ3n) is 2.50. The molecule has 4 nitrogen and oxygen atoms in total. The maximum absolute atomic E-state index is 9.32. The van der Waals surface area contributed by atoms with Crippen molar-refractivity contribution in [1.82, 2.24) is 0 Å². The molecule has 3 unspecified atom stereocenters. The molecule has 0 heterocycles. The second kappa shape index (κ2) is 6.43. The second-order valence-electron chi connectivity index (χ2n) is 4.38. The number of hydrogen-bond donors (Lipinski definition) is 1. The lowest BCUT2D eigenvalue weighted by molar-refractivity contribution is -0.185. The summed E-state index contributed by atoms with van der Waals surface area (Å²) in [7, 11) is 1.60. The zero-order valence-electron chi connectivity index (χ0n) is 9.81. The van der Waals surface area contributed by atoms with E-state index < -0.39 is 0 Å². The average molecular weight is 218 g/mol. The van der Waals surface area contributed by atoms with E-state index in [9.17, 15) is 5.11 Å². The second-order valence-corrected chi connectivity index (χ2v) is 4.38. The number of aliphatic hydroxyl groups is 1. The molecular formula is C11H22O4. The summed E-state index contributed by atoms with van der Waals surface area (Å²) in [4.78, 5) is 0. The van der Waals surface area contributed by atoms with E-state index in [0.717, 1.165) is 6.61 Å². The summed E-state index contributed by atoms with van der Waals surface area (Å²) < 4.78 is 16.0. The summed E-state index contributed by atoms with van der Waals surface area (Å²) in [5.74, 6) is 0.558. The number of hydrogen-bond acceptors (Lipinski definition) is 4. The minimum atomic E-state index is -0.364. The van der Waals surface area contributed by atoms with Crippen molar-refractivity contribution in [1.29, 1.82) is 0 Å². The smallest absolute Gasteiger partial charge is 0.109 e. The fraction of sp³-hybridized carbons (Fsp3) is 1.00. The molecule has 0 bridgehead atoms. The van der Waals surface area contributed by atoms with Gasteiger partial charge in [0.05, 0.1) is 25.4 Å². The Labute approximate surface area is 91.5 Å². The van der Waals surface area contributed by atoms with Crippen molar-refractivity contribution in [3.63, 3.8) is 0 Å². The summed E-state index contributed by atoms with van der Waals surface area (Å²) >= 11 is 0. The van der Waals surface area contributed by atoms with Gasteiger partial charge in [-0.1, -0.05) is 13.8 Å². The number of aliphatic hydroxyl groups excluding tert-OH is 1. The molecule has 0 aromatic rings. The van der Waals surface area contributed by atoms with Gasteiger partial charge in [-0.2, -0.15) is 0 Å². The maximum Gasteiger partial charge on any atom is 0.109 e. The predicted octanol–water partition coefficient (Wildman–Crippen LogP) is 0.824. The third kappa shape index (κ3) is 4.07. The highest BCUT2D eigenvalue weighted by molar-refractivity contribution is 4.91. The summed E-state index contributed by atoms with van der Waals surface area (Å²) in [6.07, 6.45) is 0.183. The molecule has 1 fully saturated rings. The van der Waals surface area contributed by atoms with Gasteiger partial charge < -0.3 is 19.3 Å². The molecule has 1 N–H and O–H groups in total. The molecule has 3 atom stereocenters. The van der Waals surface area contributed by atoms with Crippen LogP contribution >= 0.6 is 0 Å². The Morgan fingerprint density at radius 2 is 2.07 bits per heavy atom. The van der Waals surface area contributed by atoms with Gasteiger partial charge in [0.2, 0.25) is 0 Å². The first kappa shape index (κ1) is 12.9. The van der Waals surface area contributed by atoms with E-state index in [1.54, 1.807) is 7.11 Å². The number of rotatable bonds is 7. The SMILES string of the molecule is COC1C(O)CC1OCCOCC(C)C. The predicted molar refractivity (Wildman–Crippen MR) is 56.8 cm³/mol. The van der Waals surface area contributed by atoms with Crippen molar-refractivity contribution >= 4 is 0 Å². The Kier molecular flexibility index (Phi) is 5.53. The van der Waals surface area contributed by atoms with Gasteiger partial charge in [-0.25, -0.2) is 0 Å². The van der Waals surface area contributed by atoms with Crippen LogP contribution in [0.15, 0.2) is 0 Å². The van der Waals surface area contributed by atoms with E-state index in [0.29, 0.717) is 25.6 Å². The molecule has 0 radical (unpaired) electrons. The Balaban J connectivity index is 1.97. The van der Waals surface area contributed by atoms with Crippen LogP contribution in [0.4, 0.5) is 0 Å². The van der Waals surface area contributed by atoms with Crippen LogP contribution in [0.2, 0.25) is 0 Å². The van der Waals surface area contributed by atoms with Crippen LogP contribution in [0, 0.1) is 5.92 Å². The van der Waals surface area contributed by atoms with E-state index >= 15 is 0 Å². The summed E-state index contributed by atoms with van der Waals surface area (Å²) in [6.45, 7) is 6.18. The van der Waals surface area contributed by atoms with E-state index in [1.807, 2.05) is 0 Å². The standard InChI is InChI=1S/C11H22O4/c1-8(2)7-14-4-5-15-10-6-9(12)11(10)13-3/h8-12H,4-7H2,1-3H3. The van der Waals surface area contributed by atoms with Crippen LogP contribution in [0.25, 0.3) is 0 Å². The van der Waals surface area contributed by atoms with Crippen LogP contribution in [0.3, 0.4) is 0 Å². The molecule has 0 spiro atoms. The molecule has 1 aliphatic rings. The van der Waals surface area contributed by atoms with Gasteiger partial charge in [-0.3, -0.25) is 0 Å². The third-order valence-corrected chi connectivity index (χ3v) is 2.50. The highest BCUT2D eigenvalue weighted by Crippen LogP contribution is 2.26. The molecule has 90 valence electrons. The molecule has 1 rings (SSSR count). The van der Waals surface area contributed by atoms with Crippen LogP contribution in [-0.4, -0.2) is 50.3 Å². The molecule has 1 saturated carbocycles. The highest BCUT2D eigenvalue weighted by atomic mass is 16.6. The minimum Gasteiger partial charge on any atom is -0.390 e. The minimum absolute atomic E-state index is 0.0349. The van der Waals surface area contributed by atoms with Crippen molar-refractivity contribution < 1.29 is 19.3 Å². The van der Waals surface area contributed by atoms with Crippen molar-refractivity contribution in [3.05, 3.63) is 0 Å². The lowest BCUT2D eigenvalue weighted by Gasteiger charge is -2.39. The number of ether oxygens (including phenoxy) is 3. The Hall–Kier alpha value is -0.160. The normalized spacial score (nSPS) is 30.6. The average Bonchev–Trinajstić information content (AvgIpc) is 2.15. The number of methoxy groups -OCH3 is 1. The topological polar surface area (TPSA) is 47.9 Å². The van der Waals surface area contributed by atoms with Crippen LogP contribution < -0.4 is 0 Å². The van der Waals surface area contributed by atoms with Gasteiger partial charge >= 0.3 is 0 Å². The van der Waals surface area contributed by atoms with E-state index in [-0.39, 0.29) is 18.3 Å². The highest BCUT2D eigenvalue weighted by Gasteiger charge is 2.40. The molecule has 15 heavy (non-hydrogen) atoms. The summed E-state index contributed by atoms with van der Waals surface area (Å²) in [5, 5.41) is 9.32. The zero-order chi connectivity index (χ0) is 11.3. The van der Waals surface area contributed by atoms with Gasteiger partial charge in [0.25, 0.3) is 0 Å². The van der Waals surface area contributed by atoms with Crippen molar-refractivity contribution in [3.8, 4) is 0 Å². The zero-order valence-corrected chi connectivity index (χ0v) is 9.81. The fourth-order valence-electron chi connectivity index (χ4n) is 1.61. The van der Waals surface area contributed by atoms with Crippen molar-refractivity contribution in [2.75, 3.05) is 26.9 Å². The molecular weight excluding hydrogens is 196 g/mol. The molecule has 0 aliphatic heterocycles. The van der Waals surface area contributed by atoms with Gasteiger partial charge in [0, 0.05) is 20.1 Å². The first-order valence-corrected chi connectivity index (χ1v) is 5.55. The Morgan fingerprint density at radius 3 is 2.60 bits per heavy atom. The lowest BCUT2D eigenvalue weighted by Crippen LogP contribution is -2.53. The summed E-state index contributed by atoms with van der Waals surface area (Å²) in [6, 6.07) is 0. The molecule has 0 aromatic carbocycles. The first-order valence-electron chi connectivity index (χ1n) is 5.55. The van der Waals surface area contributed by atoms with Gasteiger partial charge in [0.1, 0.15) is 6.10 Å². The molecule has 0 amide bonds. The van der Waals surface area contributed by atoms with E-state index in [2.05, 4.69) is 13.8 Å². The Morgan fingerprint density at radius 1 is 1.33 bits per heavy atom. The molecule has 1 aliphatic carbocycles. The maximum atomic E-state index is 9.32. The lowest BCUT2D eigenvalue weighted by atomic mass is 9.88. The molecule has 4 heteroatoms. The monoisotopic (exact) mass is 218 g/mol. The van der Waals surface area contributed by atoms with Crippen LogP contribution in [0.1, 0.15) is 20.3 Å². The van der Waals surface area contributed by atoms with Gasteiger partial charge in [-0.05, 0) is 5.92 Å². The van der Waals surface area contributed by atoms with Crippen LogP contribution in [0.5, 0.6) is 0 Å². The molecule has 0 saturated heterocycles. The largest absolute Gasteiger partial charge is 0.390 e.